The van der Waals surface area contributed by atoms with Crippen LogP contribution in [-0.4, -0.2) is 20.2 Å². The molecule has 158 valence electrons. The summed E-state index contributed by atoms with van der Waals surface area (Å²) in [4.78, 5) is 27.5. The first-order chi connectivity index (χ1) is 14.7. The molecule has 4 rings (SSSR count). The fourth-order valence-corrected chi connectivity index (χ4v) is 4.32. The van der Waals surface area contributed by atoms with Crippen molar-refractivity contribution >= 4 is 50.1 Å². The molecule has 0 saturated carbocycles. The van der Waals surface area contributed by atoms with Crippen LogP contribution in [0.1, 0.15) is 4.88 Å². The SMILES string of the molecule is NS(=O)(=O)c1ccc(N2C(=O)C(Nc3ccc(F)c(F)c3)=C(c3cccs3)C2=O)cc1. The Hall–Kier alpha value is -3.41. The largest absolute Gasteiger partial charge is 0.350 e. The van der Waals surface area contributed by atoms with Gasteiger partial charge >= 0.3 is 0 Å². The molecule has 0 aliphatic carbocycles. The van der Waals surface area contributed by atoms with Crippen LogP contribution >= 0.6 is 11.3 Å². The number of hydrogen-bond acceptors (Lipinski definition) is 6. The number of hydrogen-bond donors (Lipinski definition) is 2. The Morgan fingerprint density at radius 1 is 0.935 bits per heavy atom. The predicted molar refractivity (Wildman–Crippen MR) is 112 cm³/mol. The Morgan fingerprint density at radius 3 is 2.23 bits per heavy atom. The molecule has 0 fully saturated rings. The van der Waals surface area contributed by atoms with Crippen molar-refractivity contribution in [2.75, 3.05) is 10.2 Å². The van der Waals surface area contributed by atoms with E-state index in [4.69, 9.17) is 5.14 Å². The standard InChI is InChI=1S/C20H13F2N3O4S2/c21-14-8-3-11(10-15(14)22)24-18-17(16-2-1-9-30-16)19(26)25(20(18)27)12-4-6-13(7-5-12)31(23,28)29/h1-10,24H,(H2,23,28,29). The van der Waals surface area contributed by atoms with Crippen LogP contribution in [0.15, 0.2) is 70.6 Å². The second-order valence-corrected chi connectivity index (χ2v) is 8.97. The van der Waals surface area contributed by atoms with Crippen LogP contribution in [0.5, 0.6) is 0 Å². The molecule has 2 aromatic carbocycles. The summed E-state index contributed by atoms with van der Waals surface area (Å²) in [5.74, 6) is -3.55. The van der Waals surface area contributed by atoms with E-state index >= 15 is 0 Å². The molecule has 1 aromatic heterocycles. The summed E-state index contributed by atoms with van der Waals surface area (Å²) in [5, 5.41) is 9.52. The number of primary sulfonamides is 1. The van der Waals surface area contributed by atoms with Crippen molar-refractivity contribution in [2.24, 2.45) is 5.14 Å². The first-order valence-electron chi connectivity index (χ1n) is 8.68. The Morgan fingerprint density at radius 2 is 1.65 bits per heavy atom. The van der Waals surface area contributed by atoms with Crippen LogP contribution in [0, 0.1) is 11.6 Å². The Bertz CT molecular complexity index is 1340. The van der Waals surface area contributed by atoms with Crippen molar-refractivity contribution in [1.82, 2.24) is 0 Å². The van der Waals surface area contributed by atoms with Gasteiger partial charge in [-0.25, -0.2) is 27.2 Å². The summed E-state index contributed by atoms with van der Waals surface area (Å²) < 4.78 is 49.8. The van der Waals surface area contributed by atoms with E-state index in [9.17, 15) is 26.8 Å². The molecular formula is C20H13F2N3O4S2. The molecule has 0 spiro atoms. The van der Waals surface area contributed by atoms with Crippen molar-refractivity contribution in [3.05, 3.63) is 82.2 Å². The lowest BCUT2D eigenvalue weighted by Crippen LogP contribution is -2.32. The molecule has 3 aromatic rings. The maximum absolute atomic E-state index is 13.6. The maximum atomic E-state index is 13.6. The van der Waals surface area contributed by atoms with E-state index in [-0.39, 0.29) is 27.5 Å². The van der Waals surface area contributed by atoms with Gasteiger partial charge in [0.1, 0.15) is 5.70 Å². The molecule has 2 heterocycles. The minimum Gasteiger partial charge on any atom is -0.350 e. The zero-order valence-corrected chi connectivity index (χ0v) is 17.1. The number of imide groups is 1. The molecule has 0 bridgehead atoms. The number of anilines is 2. The average Bonchev–Trinajstić information content (AvgIpc) is 3.31. The highest BCUT2D eigenvalue weighted by Crippen LogP contribution is 2.35. The number of rotatable bonds is 5. The molecule has 0 saturated heterocycles. The minimum absolute atomic E-state index is 0.0558. The molecule has 0 radical (unpaired) electrons. The molecular weight excluding hydrogens is 448 g/mol. The molecule has 0 unspecified atom stereocenters. The zero-order chi connectivity index (χ0) is 22.3. The van der Waals surface area contributed by atoms with Gasteiger partial charge in [0.25, 0.3) is 11.8 Å². The Kier molecular flexibility index (Phi) is 5.17. The van der Waals surface area contributed by atoms with Gasteiger partial charge in [0.05, 0.1) is 16.2 Å². The Labute approximate surface area is 179 Å². The number of benzene rings is 2. The third kappa shape index (κ3) is 3.85. The van der Waals surface area contributed by atoms with E-state index in [0.29, 0.717) is 4.88 Å². The molecule has 11 heteroatoms. The molecule has 31 heavy (non-hydrogen) atoms. The van der Waals surface area contributed by atoms with Crippen LogP contribution < -0.4 is 15.4 Å². The van der Waals surface area contributed by atoms with Crippen molar-refractivity contribution < 1.29 is 26.8 Å². The van der Waals surface area contributed by atoms with Crippen LogP contribution in [0.2, 0.25) is 0 Å². The average molecular weight is 461 g/mol. The minimum atomic E-state index is -3.95. The van der Waals surface area contributed by atoms with Crippen molar-refractivity contribution in [3.63, 3.8) is 0 Å². The van der Waals surface area contributed by atoms with E-state index in [2.05, 4.69) is 5.32 Å². The highest BCUT2D eigenvalue weighted by molar-refractivity contribution is 7.89. The number of halogens is 2. The van der Waals surface area contributed by atoms with E-state index in [1.807, 2.05) is 0 Å². The summed E-state index contributed by atoms with van der Waals surface area (Å²) in [5.41, 5.74) is 0.142. The predicted octanol–water partition coefficient (Wildman–Crippen LogP) is 3.07. The van der Waals surface area contributed by atoms with Gasteiger partial charge in [0.2, 0.25) is 10.0 Å². The summed E-state index contributed by atoms with van der Waals surface area (Å²) in [6, 6.07) is 11.3. The van der Waals surface area contributed by atoms with Crippen LogP contribution in [0.25, 0.3) is 5.57 Å². The molecule has 1 aliphatic heterocycles. The number of carbonyl (C=O) groups excluding carboxylic acids is 2. The summed E-state index contributed by atoms with van der Waals surface area (Å²) >= 11 is 1.22. The number of amides is 2. The monoisotopic (exact) mass is 461 g/mol. The number of sulfonamides is 1. The second-order valence-electron chi connectivity index (χ2n) is 6.47. The lowest BCUT2D eigenvalue weighted by Gasteiger charge is -2.15. The molecule has 3 N–H and O–H groups in total. The van der Waals surface area contributed by atoms with Crippen molar-refractivity contribution in [2.45, 2.75) is 4.90 Å². The van der Waals surface area contributed by atoms with Gasteiger partial charge in [-0.1, -0.05) is 6.07 Å². The first kappa shape index (κ1) is 20.8. The van der Waals surface area contributed by atoms with Gasteiger partial charge in [-0.05, 0) is 47.8 Å². The Balaban J connectivity index is 1.76. The van der Waals surface area contributed by atoms with E-state index in [1.54, 1.807) is 17.5 Å². The van der Waals surface area contributed by atoms with Crippen LogP contribution in [-0.2, 0) is 19.6 Å². The fraction of sp³-hybridized carbons (Fsp3) is 0. The normalized spacial score (nSPS) is 14.5. The topological polar surface area (TPSA) is 110 Å². The number of thiophene rings is 1. The number of nitrogens with two attached hydrogens (primary N) is 1. The van der Waals surface area contributed by atoms with E-state index in [1.165, 1.54) is 41.7 Å². The molecule has 7 nitrogen and oxygen atoms in total. The van der Waals surface area contributed by atoms with Gasteiger partial charge in [0.15, 0.2) is 11.6 Å². The highest BCUT2D eigenvalue weighted by atomic mass is 32.2. The van der Waals surface area contributed by atoms with Crippen molar-refractivity contribution in [3.8, 4) is 0 Å². The number of nitrogens with one attached hydrogen (secondary N) is 1. The summed E-state index contributed by atoms with van der Waals surface area (Å²) in [6.45, 7) is 0. The van der Waals surface area contributed by atoms with E-state index < -0.39 is 33.5 Å². The zero-order valence-electron chi connectivity index (χ0n) is 15.5. The summed E-state index contributed by atoms with van der Waals surface area (Å²) in [6.07, 6.45) is 0. The van der Waals surface area contributed by atoms with E-state index in [0.717, 1.165) is 17.0 Å². The third-order valence-electron chi connectivity index (χ3n) is 4.46. The maximum Gasteiger partial charge on any atom is 0.282 e. The van der Waals surface area contributed by atoms with Gasteiger partial charge in [-0.15, -0.1) is 11.3 Å². The quantitative estimate of drug-likeness (QED) is 0.568. The summed E-state index contributed by atoms with van der Waals surface area (Å²) in [7, 11) is -3.95. The fourth-order valence-electron chi connectivity index (χ4n) is 3.03. The highest BCUT2D eigenvalue weighted by Gasteiger charge is 2.40. The number of nitrogens with zero attached hydrogens (tertiary/aromatic N) is 1. The molecule has 0 atom stereocenters. The smallest absolute Gasteiger partial charge is 0.282 e. The van der Waals surface area contributed by atoms with Crippen LogP contribution in [0.4, 0.5) is 20.2 Å². The van der Waals surface area contributed by atoms with Gasteiger partial charge < -0.3 is 5.32 Å². The number of carbonyl (C=O) groups is 2. The third-order valence-corrected chi connectivity index (χ3v) is 6.28. The lowest BCUT2D eigenvalue weighted by molar-refractivity contribution is -0.120. The van der Waals surface area contributed by atoms with Crippen LogP contribution in [0.3, 0.4) is 0 Å². The van der Waals surface area contributed by atoms with Gasteiger partial charge in [-0.2, -0.15) is 0 Å². The first-order valence-corrected chi connectivity index (χ1v) is 11.1. The molecule has 2 amide bonds. The lowest BCUT2D eigenvalue weighted by atomic mass is 10.2. The second kappa shape index (κ2) is 7.69. The van der Waals surface area contributed by atoms with Gasteiger partial charge in [0, 0.05) is 16.6 Å². The van der Waals surface area contributed by atoms with Gasteiger partial charge in [-0.3, -0.25) is 9.59 Å². The van der Waals surface area contributed by atoms with Crippen molar-refractivity contribution in [1.29, 1.82) is 0 Å². The molecule has 1 aliphatic rings.